The second kappa shape index (κ2) is 5.11. The largest absolute Gasteiger partial charge is 0.389 e. The molecule has 15 heavy (non-hydrogen) atoms. The van der Waals surface area contributed by atoms with Crippen LogP contribution in [-0.2, 0) is 0 Å². The van der Waals surface area contributed by atoms with Crippen molar-refractivity contribution in [2.75, 3.05) is 13.6 Å². The van der Waals surface area contributed by atoms with E-state index in [0.717, 1.165) is 12.1 Å². The number of hydrogen-bond acceptors (Lipinski definition) is 4. The van der Waals surface area contributed by atoms with Gasteiger partial charge in [0.25, 0.3) is 0 Å². The third-order valence-electron chi connectivity index (χ3n) is 1.90. The van der Waals surface area contributed by atoms with Crippen molar-refractivity contribution in [1.82, 2.24) is 10.3 Å². The summed E-state index contributed by atoms with van der Waals surface area (Å²) in [6, 6.07) is 1.76. The van der Waals surface area contributed by atoms with Gasteiger partial charge in [-0.05, 0) is 24.7 Å². The predicted octanol–water partition coefficient (Wildman–Crippen LogP) is -0.0265. The molecule has 2 unspecified atom stereocenters. The van der Waals surface area contributed by atoms with Gasteiger partial charge in [0, 0.05) is 6.54 Å². The van der Waals surface area contributed by atoms with Gasteiger partial charge in [-0.25, -0.2) is 0 Å². The molecule has 0 spiro atoms. The molecule has 0 saturated carbocycles. The van der Waals surface area contributed by atoms with Crippen LogP contribution in [0.15, 0.2) is 12.1 Å². The van der Waals surface area contributed by atoms with Gasteiger partial charge in [0.2, 0.25) is 11.9 Å². The fourth-order valence-corrected chi connectivity index (χ4v) is 1.20. The summed E-state index contributed by atoms with van der Waals surface area (Å²) in [6.07, 6.45) is -2.47. The molecule has 1 aromatic heterocycles. The molecule has 0 aromatic carbocycles. The second-order valence-electron chi connectivity index (χ2n) is 3.12. The molecule has 2 atom stereocenters. The lowest BCUT2D eigenvalue weighted by Gasteiger charge is -2.17. The number of nitrogens with one attached hydrogen (secondary N) is 1. The number of pyridine rings is 1. The molecule has 0 aliphatic carbocycles. The molecule has 0 aliphatic heterocycles. The van der Waals surface area contributed by atoms with Gasteiger partial charge in [0.05, 0.1) is 6.10 Å². The van der Waals surface area contributed by atoms with Crippen LogP contribution in [0.2, 0.25) is 0 Å². The lowest BCUT2D eigenvalue weighted by Crippen LogP contribution is -2.29. The lowest BCUT2D eigenvalue weighted by molar-refractivity contribution is 0.0198. The standard InChI is InChI=1S/C9H12F2N2O2/c1-12-4-6(14)9(15)5-2-7(10)13-8(11)3-5/h2-3,6,9,12,14-15H,4H2,1H3. The summed E-state index contributed by atoms with van der Waals surface area (Å²) in [7, 11) is 1.59. The first-order chi connectivity index (χ1) is 7.04. The quantitative estimate of drug-likeness (QED) is 0.621. The predicted molar refractivity (Wildman–Crippen MR) is 49.0 cm³/mol. The average molecular weight is 218 g/mol. The summed E-state index contributed by atoms with van der Waals surface area (Å²) >= 11 is 0. The van der Waals surface area contributed by atoms with Crippen molar-refractivity contribution in [2.24, 2.45) is 0 Å². The molecule has 3 N–H and O–H groups in total. The zero-order chi connectivity index (χ0) is 11.4. The maximum Gasteiger partial charge on any atom is 0.215 e. The minimum absolute atomic E-state index is 0.0391. The zero-order valence-electron chi connectivity index (χ0n) is 8.11. The second-order valence-corrected chi connectivity index (χ2v) is 3.12. The summed E-state index contributed by atoms with van der Waals surface area (Å²) in [5.74, 6) is -2.05. The van der Waals surface area contributed by atoms with Crippen LogP contribution in [0, 0.1) is 11.9 Å². The first-order valence-electron chi connectivity index (χ1n) is 4.38. The molecule has 0 radical (unpaired) electrons. The van der Waals surface area contributed by atoms with Gasteiger partial charge in [-0.2, -0.15) is 13.8 Å². The molecule has 6 heteroatoms. The maximum atomic E-state index is 12.7. The molecule has 0 bridgehead atoms. The summed E-state index contributed by atoms with van der Waals surface area (Å²) in [6.45, 7) is 0.118. The highest BCUT2D eigenvalue weighted by atomic mass is 19.1. The topological polar surface area (TPSA) is 65.4 Å². The highest BCUT2D eigenvalue weighted by molar-refractivity contribution is 5.16. The number of rotatable bonds is 4. The first kappa shape index (κ1) is 12.0. The smallest absolute Gasteiger partial charge is 0.215 e. The Kier molecular flexibility index (Phi) is 4.07. The molecular weight excluding hydrogens is 206 g/mol. The molecular formula is C9H12F2N2O2. The van der Waals surface area contributed by atoms with Gasteiger partial charge in [-0.15, -0.1) is 0 Å². The van der Waals surface area contributed by atoms with Crippen LogP contribution in [0.4, 0.5) is 8.78 Å². The molecule has 0 fully saturated rings. The van der Waals surface area contributed by atoms with Crippen LogP contribution in [-0.4, -0.2) is 34.9 Å². The van der Waals surface area contributed by atoms with Crippen LogP contribution < -0.4 is 5.32 Å². The Hall–Kier alpha value is -1.11. The molecule has 1 heterocycles. The number of aromatic nitrogens is 1. The summed E-state index contributed by atoms with van der Waals surface area (Å²) in [5, 5.41) is 21.5. The highest BCUT2D eigenvalue weighted by Gasteiger charge is 2.19. The van der Waals surface area contributed by atoms with Gasteiger partial charge >= 0.3 is 0 Å². The molecule has 1 rings (SSSR count). The SMILES string of the molecule is CNCC(O)C(O)c1cc(F)nc(F)c1. The van der Waals surface area contributed by atoms with E-state index < -0.39 is 24.1 Å². The van der Waals surface area contributed by atoms with E-state index in [2.05, 4.69) is 10.3 Å². The van der Waals surface area contributed by atoms with Crippen LogP contribution in [0.1, 0.15) is 11.7 Å². The molecule has 0 aliphatic rings. The molecule has 1 aromatic rings. The third kappa shape index (κ3) is 3.19. The molecule has 0 saturated heterocycles. The van der Waals surface area contributed by atoms with E-state index in [1.54, 1.807) is 7.05 Å². The van der Waals surface area contributed by atoms with Crippen molar-refractivity contribution in [2.45, 2.75) is 12.2 Å². The summed E-state index contributed by atoms with van der Waals surface area (Å²) in [5.41, 5.74) is -0.0391. The molecule has 0 amide bonds. The fourth-order valence-electron chi connectivity index (χ4n) is 1.20. The van der Waals surface area contributed by atoms with E-state index in [1.807, 2.05) is 0 Å². The number of aliphatic hydroxyl groups is 2. The highest BCUT2D eigenvalue weighted by Crippen LogP contribution is 2.17. The third-order valence-corrected chi connectivity index (χ3v) is 1.90. The lowest BCUT2D eigenvalue weighted by atomic mass is 10.1. The van der Waals surface area contributed by atoms with Crippen LogP contribution in [0.25, 0.3) is 0 Å². The van der Waals surface area contributed by atoms with E-state index in [-0.39, 0.29) is 12.1 Å². The minimum Gasteiger partial charge on any atom is -0.389 e. The average Bonchev–Trinajstić information content (AvgIpc) is 2.15. The fraction of sp³-hybridized carbons (Fsp3) is 0.444. The molecule has 84 valence electrons. The van der Waals surface area contributed by atoms with E-state index in [1.165, 1.54) is 0 Å². The van der Waals surface area contributed by atoms with Crippen molar-refractivity contribution in [1.29, 1.82) is 0 Å². The molecule has 4 nitrogen and oxygen atoms in total. The van der Waals surface area contributed by atoms with Gasteiger partial charge in [-0.1, -0.05) is 0 Å². The summed E-state index contributed by atoms with van der Waals surface area (Å²) < 4.78 is 25.4. The van der Waals surface area contributed by atoms with Gasteiger partial charge in [0.15, 0.2) is 0 Å². The van der Waals surface area contributed by atoms with Crippen molar-refractivity contribution >= 4 is 0 Å². The Morgan fingerprint density at radius 3 is 2.33 bits per heavy atom. The normalized spacial score (nSPS) is 15.0. The maximum absolute atomic E-state index is 12.7. The van der Waals surface area contributed by atoms with Gasteiger partial charge in [0.1, 0.15) is 6.10 Å². The monoisotopic (exact) mass is 218 g/mol. The van der Waals surface area contributed by atoms with Gasteiger partial charge < -0.3 is 15.5 Å². The Morgan fingerprint density at radius 2 is 1.87 bits per heavy atom. The Labute approximate surface area is 85.6 Å². The van der Waals surface area contributed by atoms with Crippen LogP contribution >= 0.6 is 0 Å². The number of hydrogen-bond donors (Lipinski definition) is 3. The Bertz CT molecular complexity index is 316. The number of aliphatic hydroxyl groups excluding tert-OH is 2. The van der Waals surface area contributed by atoms with Crippen molar-refractivity contribution in [3.63, 3.8) is 0 Å². The number of likely N-dealkylation sites (N-methyl/N-ethyl adjacent to an activating group) is 1. The summed E-state index contributed by atoms with van der Waals surface area (Å²) in [4.78, 5) is 2.88. The van der Waals surface area contributed by atoms with E-state index >= 15 is 0 Å². The Morgan fingerprint density at radius 1 is 1.33 bits per heavy atom. The van der Waals surface area contributed by atoms with Crippen molar-refractivity contribution in [3.8, 4) is 0 Å². The Balaban J connectivity index is 2.85. The van der Waals surface area contributed by atoms with E-state index in [0.29, 0.717) is 0 Å². The van der Waals surface area contributed by atoms with Gasteiger partial charge in [-0.3, -0.25) is 0 Å². The minimum atomic E-state index is -1.34. The number of nitrogens with zero attached hydrogens (tertiary/aromatic N) is 1. The van der Waals surface area contributed by atoms with Crippen molar-refractivity contribution in [3.05, 3.63) is 29.6 Å². The number of halogens is 2. The van der Waals surface area contributed by atoms with E-state index in [9.17, 15) is 19.0 Å². The van der Waals surface area contributed by atoms with Crippen molar-refractivity contribution < 1.29 is 19.0 Å². The zero-order valence-corrected chi connectivity index (χ0v) is 8.11. The first-order valence-corrected chi connectivity index (χ1v) is 4.38. The van der Waals surface area contributed by atoms with E-state index in [4.69, 9.17) is 0 Å². The van der Waals surface area contributed by atoms with Crippen LogP contribution in [0.3, 0.4) is 0 Å². The van der Waals surface area contributed by atoms with Crippen LogP contribution in [0.5, 0.6) is 0 Å².